The molecule has 29 heavy (non-hydrogen) atoms. The number of carbonyl (C=O) groups is 1. The molecule has 4 rings (SSSR count). The van der Waals surface area contributed by atoms with Crippen LogP contribution in [0, 0.1) is 8.99 Å². The number of aromatic nitrogens is 3. The summed E-state index contributed by atoms with van der Waals surface area (Å²) >= 11 is 2.31. The van der Waals surface area contributed by atoms with E-state index < -0.39 is 5.41 Å². The van der Waals surface area contributed by atoms with Gasteiger partial charge < -0.3 is 5.32 Å². The van der Waals surface area contributed by atoms with Crippen LogP contribution in [0.15, 0.2) is 67.0 Å². The number of anilines is 1. The Morgan fingerprint density at radius 3 is 2.52 bits per heavy atom. The number of hydrogen-bond donors (Lipinski definition) is 1. The van der Waals surface area contributed by atoms with Gasteiger partial charge in [-0.15, -0.1) is 0 Å². The highest BCUT2D eigenvalue weighted by molar-refractivity contribution is 14.1. The summed E-state index contributed by atoms with van der Waals surface area (Å²) in [6.45, 7) is 5.68. The third-order valence-electron chi connectivity index (χ3n) is 4.64. The molecule has 0 aliphatic heterocycles. The number of carbonyl (C=O) groups excluding carboxylic acids is 1. The molecule has 2 aromatic heterocycles. The van der Waals surface area contributed by atoms with Gasteiger partial charge in [0.1, 0.15) is 5.69 Å². The van der Waals surface area contributed by atoms with Crippen molar-refractivity contribution < 1.29 is 4.79 Å². The highest BCUT2D eigenvalue weighted by atomic mass is 127. The summed E-state index contributed by atoms with van der Waals surface area (Å²) in [7, 11) is 0. The van der Waals surface area contributed by atoms with Crippen molar-refractivity contribution in [2.45, 2.75) is 20.8 Å². The van der Waals surface area contributed by atoms with Crippen LogP contribution in [0.4, 0.5) is 5.69 Å². The smallest absolute Gasteiger partial charge is 0.229 e. The van der Waals surface area contributed by atoms with E-state index in [1.54, 1.807) is 6.20 Å². The molecular weight excluding hydrogens is 475 g/mol. The van der Waals surface area contributed by atoms with Crippen molar-refractivity contribution in [2.24, 2.45) is 5.41 Å². The monoisotopic (exact) mass is 496 g/mol. The topological polar surface area (TPSA) is 59.8 Å². The minimum absolute atomic E-state index is 0.0443. The van der Waals surface area contributed by atoms with Gasteiger partial charge in [-0.05, 0) is 46.9 Å². The zero-order valence-electron chi connectivity index (χ0n) is 16.5. The molecule has 0 saturated heterocycles. The van der Waals surface area contributed by atoms with Gasteiger partial charge in [-0.25, -0.2) is 4.68 Å². The summed E-state index contributed by atoms with van der Waals surface area (Å²) < 4.78 is 2.94. The molecular formula is C23H21IN4O. The molecule has 1 N–H and O–H groups in total. The fraction of sp³-hybridized carbons (Fsp3) is 0.174. The molecule has 2 heterocycles. The van der Waals surface area contributed by atoms with Crippen LogP contribution in [0.3, 0.4) is 0 Å². The number of pyridine rings is 1. The number of nitrogens with one attached hydrogen (secondary N) is 1. The summed E-state index contributed by atoms with van der Waals surface area (Å²) in [6, 6.07) is 17.9. The maximum atomic E-state index is 12.5. The number of hydrogen-bond acceptors (Lipinski definition) is 3. The van der Waals surface area contributed by atoms with Gasteiger partial charge in [0, 0.05) is 28.8 Å². The second-order valence-corrected chi connectivity index (χ2v) is 9.03. The molecule has 1 amide bonds. The average Bonchev–Trinajstić information content (AvgIpc) is 3.09. The predicted molar refractivity (Wildman–Crippen MR) is 125 cm³/mol. The number of amides is 1. The quantitative estimate of drug-likeness (QED) is 0.372. The van der Waals surface area contributed by atoms with Gasteiger partial charge in [0.25, 0.3) is 0 Å². The van der Waals surface area contributed by atoms with E-state index in [1.807, 2.05) is 74.1 Å². The zero-order valence-corrected chi connectivity index (χ0v) is 18.6. The highest BCUT2D eigenvalue weighted by Gasteiger charge is 2.22. The highest BCUT2D eigenvalue weighted by Crippen LogP contribution is 2.31. The molecule has 0 bridgehead atoms. The van der Waals surface area contributed by atoms with E-state index in [4.69, 9.17) is 5.10 Å². The van der Waals surface area contributed by atoms with Crippen molar-refractivity contribution in [2.75, 3.05) is 5.32 Å². The molecule has 4 aromatic rings. The first-order valence-electron chi connectivity index (χ1n) is 9.35. The molecule has 0 spiro atoms. The van der Waals surface area contributed by atoms with Gasteiger partial charge in [0.05, 0.1) is 20.5 Å². The van der Waals surface area contributed by atoms with Crippen molar-refractivity contribution in [3.8, 4) is 16.9 Å². The summed E-state index contributed by atoms with van der Waals surface area (Å²) in [6.07, 6.45) is 3.75. The van der Waals surface area contributed by atoms with Crippen molar-refractivity contribution in [1.29, 1.82) is 0 Å². The SMILES string of the molecule is CC(C)(C)C(=O)Nc1ccc(-n2cc(I)c(-c3ccccc3)n2)c2cccnc12. The molecule has 0 radical (unpaired) electrons. The number of fused-ring (bicyclic) bond motifs is 1. The fourth-order valence-electron chi connectivity index (χ4n) is 3.04. The molecule has 0 fully saturated rings. The Bertz CT molecular complexity index is 1190. The largest absolute Gasteiger partial charge is 0.324 e. The van der Waals surface area contributed by atoms with Gasteiger partial charge in [0.15, 0.2) is 0 Å². The van der Waals surface area contributed by atoms with E-state index in [0.29, 0.717) is 5.69 Å². The Kier molecular flexibility index (Phi) is 5.12. The van der Waals surface area contributed by atoms with E-state index in [-0.39, 0.29) is 5.91 Å². The zero-order chi connectivity index (χ0) is 20.6. The lowest BCUT2D eigenvalue weighted by Crippen LogP contribution is -2.27. The minimum atomic E-state index is -0.484. The summed E-state index contributed by atoms with van der Waals surface area (Å²) in [5, 5.41) is 8.77. The van der Waals surface area contributed by atoms with Crippen LogP contribution in [0.25, 0.3) is 27.8 Å². The van der Waals surface area contributed by atoms with Crippen LogP contribution in [0.5, 0.6) is 0 Å². The molecule has 0 aliphatic rings. The lowest BCUT2D eigenvalue weighted by molar-refractivity contribution is -0.123. The van der Waals surface area contributed by atoms with Crippen LogP contribution in [0.1, 0.15) is 20.8 Å². The minimum Gasteiger partial charge on any atom is -0.324 e. The Morgan fingerprint density at radius 1 is 1.03 bits per heavy atom. The molecule has 0 atom stereocenters. The Morgan fingerprint density at radius 2 is 1.79 bits per heavy atom. The van der Waals surface area contributed by atoms with Crippen LogP contribution in [0.2, 0.25) is 0 Å². The van der Waals surface area contributed by atoms with Crippen LogP contribution in [-0.2, 0) is 4.79 Å². The molecule has 0 unspecified atom stereocenters. The predicted octanol–water partition coefficient (Wildman–Crippen LogP) is 5.68. The van der Waals surface area contributed by atoms with E-state index >= 15 is 0 Å². The van der Waals surface area contributed by atoms with Crippen molar-refractivity contribution in [1.82, 2.24) is 14.8 Å². The van der Waals surface area contributed by atoms with Gasteiger partial charge in [-0.3, -0.25) is 9.78 Å². The Labute approximate surface area is 183 Å². The maximum absolute atomic E-state index is 12.5. The molecule has 146 valence electrons. The van der Waals surface area contributed by atoms with Gasteiger partial charge in [0.2, 0.25) is 5.91 Å². The van der Waals surface area contributed by atoms with Gasteiger partial charge >= 0.3 is 0 Å². The Balaban J connectivity index is 1.81. The summed E-state index contributed by atoms with van der Waals surface area (Å²) in [4.78, 5) is 17.0. The van der Waals surface area contributed by atoms with Crippen LogP contribution in [-0.4, -0.2) is 20.7 Å². The molecule has 0 aliphatic carbocycles. The normalized spacial score (nSPS) is 11.6. The average molecular weight is 496 g/mol. The second-order valence-electron chi connectivity index (χ2n) is 7.87. The molecule has 5 nitrogen and oxygen atoms in total. The third kappa shape index (κ3) is 3.89. The van der Waals surface area contributed by atoms with Crippen molar-refractivity contribution in [3.63, 3.8) is 0 Å². The van der Waals surface area contributed by atoms with E-state index in [2.05, 4.69) is 45.0 Å². The first kappa shape index (κ1) is 19.6. The number of halogens is 1. The summed E-state index contributed by atoms with van der Waals surface area (Å²) in [5.41, 5.74) is 3.90. The lowest BCUT2D eigenvalue weighted by Gasteiger charge is -2.19. The van der Waals surface area contributed by atoms with Crippen LogP contribution >= 0.6 is 22.6 Å². The maximum Gasteiger partial charge on any atom is 0.229 e. The van der Waals surface area contributed by atoms with Crippen molar-refractivity contribution >= 4 is 45.1 Å². The molecule has 2 aromatic carbocycles. The number of rotatable bonds is 3. The fourth-order valence-corrected chi connectivity index (χ4v) is 3.72. The van der Waals surface area contributed by atoms with E-state index in [1.165, 1.54) is 0 Å². The Hall–Kier alpha value is -2.74. The lowest BCUT2D eigenvalue weighted by atomic mass is 9.95. The number of benzene rings is 2. The molecule has 0 saturated carbocycles. The standard InChI is InChI=1S/C23H21IN4O/c1-23(2,3)22(29)26-18-11-12-19(16-10-7-13-25-21(16)18)28-14-17(24)20(27-28)15-8-5-4-6-9-15/h4-14H,1-3H3,(H,26,29). The van der Waals surface area contributed by atoms with Gasteiger partial charge in [-0.1, -0.05) is 51.1 Å². The second kappa shape index (κ2) is 7.59. The first-order valence-corrected chi connectivity index (χ1v) is 10.4. The third-order valence-corrected chi connectivity index (χ3v) is 5.43. The molecule has 6 heteroatoms. The van der Waals surface area contributed by atoms with Crippen molar-refractivity contribution in [3.05, 3.63) is 70.6 Å². The summed E-state index contributed by atoms with van der Waals surface area (Å²) in [5.74, 6) is -0.0443. The number of nitrogens with zero attached hydrogens (tertiary/aromatic N) is 3. The van der Waals surface area contributed by atoms with Crippen LogP contribution < -0.4 is 5.32 Å². The van der Waals surface area contributed by atoms with E-state index in [0.717, 1.165) is 31.4 Å². The van der Waals surface area contributed by atoms with E-state index in [9.17, 15) is 4.79 Å². The van der Waals surface area contributed by atoms with Gasteiger partial charge in [-0.2, -0.15) is 5.10 Å². The first-order chi connectivity index (χ1) is 13.8.